The number of amides is 2. The summed E-state index contributed by atoms with van der Waals surface area (Å²) in [5.41, 5.74) is 0.740. The molecule has 1 unspecified atom stereocenters. The summed E-state index contributed by atoms with van der Waals surface area (Å²) in [6, 6.07) is 4.38. The Labute approximate surface area is 158 Å². The van der Waals surface area contributed by atoms with Gasteiger partial charge >= 0.3 is 5.97 Å². The van der Waals surface area contributed by atoms with Crippen molar-refractivity contribution >= 4 is 23.9 Å². The molecular formula is C19H24N2O6. The molecule has 0 spiro atoms. The Morgan fingerprint density at radius 2 is 2.00 bits per heavy atom. The highest BCUT2D eigenvalue weighted by molar-refractivity contribution is 5.97. The molecule has 0 radical (unpaired) electrons. The van der Waals surface area contributed by atoms with Crippen molar-refractivity contribution in [3.8, 4) is 11.5 Å². The van der Waals surface area contributed by atoms with Crippen LogP contribution in [-0.4, -0.2) is 62.6 Å². The zero-order chi connectivity index (χ0) is 19.8. The maximum atomic E-state index is 12.6. The molecule has 1 aromatic carbocycles. The minimum atomic E-state index is -0.875. The molecule has 0 aromatic heterocycles. The fraction of sp³-hybridized carbons (Fsp3) is 0.421. The van der Waals surface area contributed by atoms with Crippen LogP contribution in [0.15, 0.2) is 24.3 Å². The van der Waals surface area contributed by atoms with E-state index < -0.39 is 12.0 Å². The predicted molar refractivity (Wildman–Crippen MR) is 98.3 cm³/mol. The number of hydrogen-bond donors (Lipinski definition) is 1. The lowest BCUT2D eigenvalue weighted by atomic mass is 10.1. The maximum Gasteiger partial charge on any atom is 0.308 e. The minimum absolute atomic E-state index is 0.171. The van der Waals surface area contributed by atoms with E-state index in [1.165, 1.54) is 18.1 Å². The van der Waals surface area contributed by atoms with Crippen molar-refractivity contribution in [1.29, 1.82) is 0 Å². The van der Waals surface area contributed by atoms with Crippen LogP contribution in [-0.2, 0) is 19.1 Å². The van der Waals surface area contributed by atoms with Crippen molar-refractivity contribution in [2.75, 3.05) is 33.9 Å². The fourth-order valence-corrected chi connectivity index (χ4v) is 2.78. The summed E-state index contributed by atoms with van der Waals surface area (Å²) in [6.07, 6.45) is 2.83. The minimum Gasteiger partial charge on any atom is -0.493 e. The number of carbonyl (C=O) groups is 3. The summed E-state index contributed by atoms with van der Waals surface area (Å²) in [4.78, 5) is 37.8. The largest absolute Gasteiger partial charge is 0.493 e. The molecule has 1 atom stereocenters. The first-order valence-corrected chi connectivity index (χ1v) is 8.64. The van der Waals surface area contributed by atoms with Crippen LogP contribution in [0.25, 0.3) is 6.08 Å². The number of nitrogens with zero attached hydrogens (tertiary/aromatic N) is 1. The third-order valence-corrected chi connectivity index (χ3v) is 4.11. The number of carbonyl (C=O) groups excluding carboxylic acids is 3. The first kappa shape index (κ1) is 20.3. The topological polar surface area (TPSA) is 94.2 Å². The van der Waals surface area contributed by atoms with Gasteiger partial charge in [-0.2, -0.15) is 0 Å². The number of rotatable bonds is 7. The smallest absolute Gasteiger partial charge is 0.308 e. The Morgan fingerprint density at radius 3 is 2.67 bits per heavy atom. The summed E-state index contributed by atoms with van der Waals surface area (Å²) < 4.78 is 15.3. The molecule has 1 aromatic rings. The quantitative estimate of drug-likeness (QED) is 0.564. The number of benzene rings is 1. The van der Waals surface area contributed by atoms with E-state index in [2.05, 4.69) is 5.32 Å². The Morgan fingerprint density at radius 1 is 1.26 bits per heavy atom. The van der Waals surface area contributed by atoms with Gasteiger partial charge in [0.05, 0.1) is 27.2 Å². The van der Waals surface area contributed by atoms with Gasteiger partial charge in [-0.3, -0.25) is 14.4 Å². The molecule has 0 saturated carbocycles. The number of nitrogens with one attached hydrogen (secondary N) is 1. The third-order valence-electron chi connectivity index (χ3n) is 4.11. The fourth-order valence-electron chi connectivity index (χ4n) is 2.78. The van der Waals surface area contributed by atoms with Gasteiger partial charge in [-0.05, 0) is 30.7 Å². The highest BCUT2D eigenvalue weighted by Crippen LogP contribution is 2.28. The normalized spacial score (nSPS) is 16.8. The number of esters is 1. The van der Waals surface area contributed by atoms with E-state index >= 15 is 0 Å². The van der Waals surface area contributed by atoms with Gasteiger partial charge in [0, 0.05) is 19.2 Å². The van der Waals surface area contributed by atoms with Crippen LogP contribution < -0.4 is 14.8 Å². The van der Waals surface area contributed by atoms with Crippen LogP contribution in [0.4, 0.5) is 0 Å². The molecule has 8 nitrogen and oxygen atoms in total. The number of methoxy groups -OCH3 is 2. The average Bonchev–Trinajstić information content (AvgIpc) is 2.67. The maximum absolute atomic E-state index is 12.6. The van der Waals surface area contributed by atoms with E-state index in [4.69, 9.17) is 14.2 Å². The van der Waals surface area contributed by atoms with Crippen LogP contribution >= 0.6 is 0 Å². The number of ether oxygens (including phenoxy) is 3. The van der Waals surface area contributed by atoms with Gasteiger partial charge < -0.3 is 24.4 Å². The van der Waals surface area contributed by atoms with Gasteiger partial charge in [0.25, 0.3) is 0 Å². The SMILES string of the molecule is CCOC(=O)CC1C(=O)NCCN1C(=O)/C=C/c1ccc(OC)c(OC)c1. The highest BCUT2D eigenvalue weighted by Gasteiger charge is 2.34. The molecule has 0 bridgehead atoms. The molecule has 1 N–H and O–H groups in total. The lowest BCUT2D eigenvalue weighted by Gasteiger charge is -2.33. The molecule has 27 heavy (non-hydrogen) atoms. The van der Waals surface area contributed by atoms with Gasteiger partial charge in [-0.1, -0.05) is 6.07 Å². The second-order valence-corrected chi connectivity index (χ2v) is 5.80. The zero-order valence-electron chi connectivity index (χ0n) is 15.7. The van der Waals surface area contributed by atoms with E-state index in [-0.39, 0.29) is 24.8 Å². The van der Waals surface area contributed by atoms with Crippen LogP contribution in [0.1, 0.15) is 18.9 Å². The second-order valence-electron chi connectivity index (χ2n) is 5.80. The van der Waals surface area contributed by atoms with Crippen LogP contribution in [0, 0.1) is 0 Å². The molecule has 8 heteroatoms. The molecule has 1 aliphatic heterocycles. The first-order chi connectivity index (χ1) is 13.0. The van der Waals surface area contributed by atoms with Gasteiger partial charge in [-0.25, -0.2) is 0 Å². The van der Waals surface area contributed by atoms with E-state index in [1.54, 1.807) is 38.3 Å². The van der Waals surface area contributed by atoms with Crippen molar-refractivity contribution in [3.05, 3.63) is 29.8 Å². The lowest BCUT2D eigenvalue weighted by Crippen LogP contribution is -2.57. The Hall–Kier alpha value is -3.03. The van der Waals surface area contributed by atoms with Crippen molar-refractivity contribution in [2.24, 2.45) is 0 Å². The summed E-state index contributed by atoms with van der Waals surface area (Å²) in [7, 11) is 3.07. The molecule has 2 rings (SSSR count). The van der Waals surface area contributed by atoms with E-state index in [0.717, 1.165) is 5.56 Å². The van der Waals surface area contributed by atoms with E-state index in [1.807, 2.05) is 0 Å². The highest BCUT2D eigenvalue weighted by atomic mass is 16.5. The molecule has 0 aliphatic carbocycles. The standard InChI is InChI=1S/C19H24N2O6/c1-4-27-18(23)12-14-19(24)20-9-10-21(14)17(22)8-6-13-5-7-15(25-2)16(11-13)26-3/h5-8,11,14H,4,9-10,12H2,1-3H3,(H,20,24)/b8-6+. The Balaban J connectivity index is 2.13. The first-order valence-electron chi connectivity index (χ1n) is 8.64. The molecule has 2 amide bonds. The van der Waals surface area contributed by atoms with Crippen molar-refractivity contribution < 1.29 is 28.6 Å². The van der Waals surface area contributed by atoms with Crippen LogP contribution in [0.5, 0.6) is 11.5 Å². The summed E-state index contributed by atoms with van der Waals surface area (Å²) in [5.74, 6) is -0.0925. The lowest BCUT2D eigenvalue weighted by molar-refractivity contribution is -0.150. The van der Waals surface area contributed by atoms with Gasteiger partial charge in [0.1, 0.15) is 6.04 Å². The number of hydrogen-bond acceptors (Lipinski definition) is 6. The van der Waals surface area contributed by atoms with E-state index in [9.17, 15) is 14.4 Å². The third kappa shape index (κ3) is 5.22. The van der Waals surface area contributed by atoms with Crippen LogP contribution in [0.3, 0.4) is 0 Å². The van der Waals surface area contributed by atoms with Gasteiger partial charge in [-0.15, -0.1) is 0 Å². The summed E-state index contributed by atoms with van der Waals surface area (Å²) >= 11 is 0. The van der Waals surface area contributed by atoms with Gasteiger partial charge in [0.15, 0.2) is 11.5 Å². The van der Waals surface area contributed by atoms with Crippen molar-refractivity contribution in [1.82, 2.24) is 10.2 Å². The second kappa shape index (κ2) is 9.61. The van der Waals surface area contributed by atoms with Crippen LogP contribution in [0.2, 0.25) is 0 Å². The zero-order valence-corrected chi connectivity index (χ0v) is 15.7. The Bertz CT molecular complexity index is 731. The monoisotopic (exact) mass is 376 g/mol. The molecule has 1 aliphatic rings. The molecule has 1 saturated heterocycles. The molecule has 1 heterocycles. The molecule has 146 valence electrons. The van der Waals surface area contributed by atoms with Crippen molar-refractivity contribution in [3.63, 3.8) is 0 Å². The summed E-state index contributed by atoms with van der Waals surface area (Å²) in [5, 5.41) is 2.67. The predicted octanol–water partition coefficient (Wildman–Crippen LogP) is 0.997. The molecule has 1 fully saturated rings. The number of piperazine rings is 1. The summed E-state index contributed by atoms with van der Waals surface area (Å²) in [6.45, 7) is 2.58. The Kier molecular flexibility index (Phi) is 7.22. The molecular weight excluding hydrogens is 352 g/mol. The van der Waals surface area contributed by atoms with E-state index in [0.29, 0.717) is 24.6 Å². The van der Waals surface area contributed by atoms with Gasteiger partial charge in [0.2, 0.25) is 11.8 Å². The van der Waals surface area contributed by atoms with Crippen molar-refractivity contribution in [2.45, 2.75) is 19.4 Å². The average molecular weight is 376 g/mol.